The van der Waals surface area contributed by atoms with E-state index in [1.54, 1.807) is 6.92 Å². The molecule has 0 aromatic carbocycles. The van der Waals surface area contributed by atoms with Crippen molar-refractivity contribution in [1.82, 2.24) is 0 Å². The summed E-state index contributed by atoms with van der Waals surface area (Å²) < 4.78 is 32.6. The van der Waals surface area contributed by atoms with Crippen molar-refractivity contribution < 1.29 is 37.6 Å². The van der Waals surface area contributed by atoms with Gasteiger partial charge in [0.15, 0.2) is 6.10 Å². The topological polar surface area (TPSA) is 108 Å². The van der Waals surface area contributed by atoms with E-state index in [1.165, 1.54) is 135 Å². The van der Waals surface area contributed by atoms with Crippen LogP contribution in [0.3, 0.4) is 0 Å². The van der Waals surface area contributed by atoms with E-state index in [2.05, 4.69) is 26.0 Å². The van der Waals surface area contributed by atoms with Crippen molar-refractivity contribution in [2.24, 2.45) is 0 Å². The minimum atomic E-state index is -4.27. The number of phosphoric ester groups is 1. The molecule has 0 aromatic heterocycles. The number of carbonyl (C=O) groups excluding carboxylic acids is 2. The summed E-state index contributed by atoms with van der Waals surface area (Å²) in [6.07, 6.45) is 41.3. The highest BCUT2D eigenvalue weighted by Gasteiger charge is 2.25. The Bertz CT molecular complexity index is 864. The maximum absolute atomic E-state index is 12.5. The van der Waals surface area contributed by atoms with Gasteiger partial charge in [-0.05, 0) is 45.4 Å². The van der Waals surface area contributed by atoms with E-state index in [4.69, 9.17) is 18.5 Å². The molecule has 8 nitrogen and oxygen atoms in total. The largest absolute Gasteiger partial charge is 0.472 e. The van der Waals surface area contributed by atoms with E-state index in [-0.39, 0.29) is 25.6 Å². The Kier molecular flexibility index (Phi) is 38.6. The summed E-state index contributed by atoms with van der Waals surface area (Å²) in [7, 11) is -4.27. The van der Waals surface area contributed by atoms with Gasteiger partial charge in [-0.25, -0.2) is 4.57 Å². The first kappa shape index (κ1) is 50.8. The fraction of sp³-hybridized carbons (Fsp3) is 0.907. The molecular formula is C43H83O8P. The third-order valence-corrected chi connectivity index (χ3v) is 10.6. The summed E-state index contributed by atoms with van der Waals surface area (Å²) in [4.78, 5) is 34.7. The second-order valence-corrected chi connectivity index (χ2v) is 16.2. The molecule has 308 valence electrons. The van der Waals surface area contributed by atoms with Crippen LogP contribution in [0.5, 0.6) is 0 Å². The standard InChI is InChI=1S/C43H83O8P/c1-4-7-9-11-13-15-17-19-20-21-22-23-24-25-26-28-29-31-33-35-37-42(44)48-39-41(40-50-52(46,47)49-6-3)51-43(45)38-36-34-32-30-27-18-16-14-12-10-8-5-2/h14,16,41H,4-13,15,17-40H2,1-3H3,(H,46,47)/b16-14-. The van der Waals surface area contributed by atoms with E-state index < -0.39 is 26.5 Å². The molecule has 0 aliphatic rings. The van der Waals surface area contributed by atoms with Crippen LogP contribution < -0.4 is 0 Å². The molecular weight excluding hydrogens is 675 g/mol. The lowest BCUT2D eigenvalue weighted by molar-refractivity contribution is -0.161. The average Bonchev–Trinajstić information content (AvgIpc) is 3.12. The highest BCUT2D eigenvalue weighted by molar-refractivity contribution is 7.47. The maximum atomic E-state index is 12.5. The van der Waals surface area contributed by atoms with Gasteiger partial charge in [0.05, 0.1) is 13.2 Å². The molecule has 0 saturated carbocycles. The Morgan fingerprint density at radius 3 is 1.31 bits per heavy atom. The van der Waals surface area contributed by atoms with Crippen molar-refractivity contribution in [3.63, 3.8) is 0 Å². The zero-order valence-corrected chi connectivity index (χ0v) is 35.1. The smallest absolute Gasteiger partial charge is 0.462 e. The molecule has 0 aliphatic carbocycles. The van der Waals surface area contributed by atoms with Crippen LogP contribution in [0.2, 0.25) is 0 Å². The van der Waals surface area contributed by atoms with Crippen molar-refractivity contribution in [2.45, 2.75) is 232 Å². The van der Waals surface area contributed by atoms with Gasteiger partial charge < -0.3 is 14.4 Å². The molecule has 0 saturated heterocycles. The summed E-state index contributed by atoms with van der Waals surface area (Å²) in [5, 5.41) is 0. The zero-order valence-electron chi connectivity index (χ0n) is 34.2. The SMILES string of the molecule is CCCCC/C=C\CCCCCCCC(=O)OC(COC(=O)CCCCCCCCCCCCCCCCCCCCCC)COP(=O)(O)OCC. The molecule has 2 unspecified atom stereocenters. The van der Waals surface area contributed by atoms with Crippen LogP contribution in [0.4, 0.5) is 0 Å². The van der Waals surface area contributed by atoms with Gasteiger partial charge in [0.2, 0.25) is 0 Å². The van der Waals surface area contributed by atoms with Crippen LogP contribution in [0.1, 0.15) is 226 Å². The molecule has 9 heteroatoms. The van der Waals surface area contributed by atoms with E-state index in [0.717, 1.165) is 51.4 Å². The highest BCUT2D eigenvalue weighted by Crippen LogP contribution is 2.43. The van der Waals surface area contributed by atoms with Gasteiger partial charge >= 0.3 is 19.8 Å². The third kappa shape index (κ3) is 38.5. The average molecular weight is 759 g/mol. The lowest BCUT2D eigenvalue weighted by atomic mass is 10.0. The molecule has 52 heavy (non-hydrogen) atoms. The van der Waals surface area contributed by atoms with Crippen LogP contribution in [0.25, 0.3) is 0 Å². The first-order valence-corrected chi connectivity index (χ1v) is 23.5. The lowest BCUT2D eigenvalue weighted by Crippen LogP contribution is -2.29. The summed E-state index contributed by atoms with van der Waals surface area (Å²) in [6.45, 7) is 5.47. The van der Waals surface area contributed by atoms with Crippen LogP contribution >= 0.6 is 7.82 Å². The van der Waals surface area contributed by atoms with Crippen molar-refractivity contribution in [1.29, 1.82) is 0 Å². The number of rotatable bonds is 41. The summed E-state index contributed by atoms with van der Waals surface area (Å²) >= 11 is 0. The molecule has 0 bridgehead atoms. The predicted molar refractivity (Wildman–Crippen MR) is 216 cm³/mol. The Balaban J connectivity index is 3.98. The second kappa shape index (κ2) is 39.5. The zero-order chi connectivity index (χ0) is 38.2. The van der Waals surface area contributed by atoms with Gasteiger partial charge in [-0.3, -0.25) is 18.6 Å². The van der Waals surface area contributed by atoms with E-state index in [9.17, 15) is 19.0 Å². The maximum Gasteiger partial charge on any atom is 0.472 e. The number of ether oxygens (including phenoxy) is 2. The summed E-state index contributed by atoms with van der Waals surface area (Å²) in [6, 6.07) is 0. The molecule has 0 fully saturated rings. The van der Waals surface area contributed by atoms with Crippen LogP contribution in [-0.4, -0.2) is 42.8 Å². The van der Waals surface area contributed by atoms with Crippen molar-refractivity contribution in [3.8, 4) is 0 Å². The first-order valence-electron chi connectivity index (χ1n) is 22.0. The van der Waals surface area contributed by atoms with Gasteiger partial charge in [-0.2, -0.15) is 0 Å². The molecule has 2 atom stereocenters. The van der Waals surface area contributed by atoms with Crippen molar-refractivity contribution in [3.05, 3.63) is 12.2 Å². The number of carbonyl (C=O) groups is 2. The van der Waals surface area contributed by atoms with E-state index in [1.807, 2.05) is 0 Å². The van der Waals surface area contributed by atoms with Crippen LogP contribution in [-0.2, 0) is 32.7 Å². The quantitative estimate of drug-likeness (QED) is 0.0284. The van der Waals surface area contributed by atoms with Gasteiger partial charge in [0, 0.05) is 12.8 Å². The summed E-state index contributed by atoms with van der Waals surface area (Å²) in [5.41, 5.74) is 0. The van der Waals surface area contributed by atoms with Crippen LogP contribution in [0.15, 0.2) is 12.2 Å². The number of phosphoric acid groups is 1. The minimum Gasteiger partial charge on any atom is -0.462 e. The monoisotopic (exact) mass is 759 g/mol. The van der Waals surface area contributed by atoms with E-state index in [0.29, 0.717) is 12.8 Å². The van der Waals surface area contributed by atoms with Crippen molar-refractivity contribution >= 4 is 19.8 Å². The van der Waals surface area contributed by atoms with Gasteiger partial charge in [0.25, 0.3) is 0 Å². The number of allylic oxidation sites excluding steroid dienone is 2. The Morgan fingerprint density at radius 2 is 0.865 bits per heavy atom. The van der Waals surface area contributed by atoms with Gasteiger partial charge in [-0.1, -0.05) is 180 Å². The van der Waals surface area contributed by atoms with E-state index >= 15 is 0 Å². The Hall–Kier alpha value is -1.21. The fourth-order valence-corrected chi connectivity index (χ4v) is 7.09. The normalized spacial score (nSPS) is 13.4. The first-order chi connectivity index (χ1) is 25.3. The molecule has 0 heterocycles. The van der Waals surface area contributed by atoms with Crippen molar-refractivity contribution in [2.75, 3.05) is 19.8 Å². The second-order valence-electron chi connectivity index (χ2n) is 14.7. The predicted octanol–water partition coefficient (Wildman–Crippen LogP) is 13.7. The Labute approximate surface area is 320 Å². The molecule has 0 rings (SSSR count). The Morgan fingerprint density at radius 1 is 0.500 bits per heavy atom. The lowest BCUT2D eigenvalue weighted by Gasteiger charge is -2.19. The van der Waals surface area contributed by atoms with Gasteiger partial charge in [0.1, 0.15) is 6.61 Å². The molecule has 0 radical (unpaired) electrons. The number of hydrogen-bond acceptors (Lipinski definition) is 7. The molecule has 0 spiro atoms. The number of unbranched alkanes of at least 4 members (excludes halogenated alkanes) is 27. The van der Waals surface area contributed by atoms with Crippen LogP contribution in [0, 0.1) is 0 Å². The number of esters is 2. The summed E-state index contributed by atoms with van der Waals surface area (Å²) in [5.74, 6) is -0.797. The molecule has 0 aliphatic heterocycles. The third-order valence-electron chi connectivity index (χ3n) is 9.57. The minimum absolute atomic E-state index is 0.00192. The highest BCUT2D eigenvalue weighted by atomic mass is 31.2. The number of hydrogen-bond donors (Lipinski definition) is 1. The molecule has 1 N–H and O–H groups in total. The fourth-order valence-electron chi connectivity index (χ4n) is 6.33. The molecule has 0 aromatic rings. The molecule has 0 amide bonds. The van der Waals surface area contributed by atoms with Gasteiger partial charge in [-0.15, -0.1) is 0 Å².